The molecule has 2 amide bonds. The van der Waals surface area contributed by atoms with Gasteiger partial charge in [-0.2, -0.15) is 0 Å². The zero-order valence-electron chi connectivity index (χ0n) is 20.3. The van der Waals surface area contributed by atoms with Gasteiger partial charge in [0.25, 0.3) is 0 Å². The Hall–Kier alpha value is -4.52. The summed E-state index contributed by atoms with van der Waals surface area (Å²) in [7, 11) is 0. The molecule has 0 radical (unpaired) electrons. The Kier molecular flexibility index (Phi) is 5.30. The number of imide groups is 1. The first-order chi connectivity index (χ1) is 17.8. The molecule has 0 saturated carbocycles. The van der Waals surface area contributed by atoms with E-state index < -0.39 is 29.9 Å². The van der Waals surface area contributed by atoms with E-state index in [1.165, 1.54) is 11.8 Å². The number of fused-ring (bicyclic) bond motifs is 5. The van der Waals surface area contributed by atoms with Gasteiger partial charge in [0, 0.05) is 18.7 Å². The molecule has 37 heavy (non-hydrogen) atoms. The van der Waals surface area contributed by atoms with E-state index in [4.69, 9.17) is 4.74 Å². The number of hydrogen-bond acceptors (Lipinski definition) is 6. The number of anilines is 1. The van der Waals surface area contributed by atoms with Crippen molar-refractivity contribution in [2.45, 2.75) is 25.9 Å². The van der Waals surface area contributed by atoms with Crippen molar-refractivity contribution in [3.63, 3.8) is 0 Å². The standard InChI is InChI=1S/C30H24N2O5/c1-17-7-11-21(12-8-17)32-29(35)24-25(30(32)36)27(28(34)20-9-13-22(14-10-20)37-18(2)33)31-16-15-19-5-3-4-6-23(19)26(24)31/h3-16,24-27H,1-2H3/t24-,25-,26-,27+/m1/s1. The van der Waals surface area contributed by atoms with Crippen LogP contribution in [0.1, 0.15) is 40.0 Å². The van der Waals surface area contributed by atoms with E-state index in [1.54, 1.807) is 36.4 Å². The maximum atomic E-state index is 14.0. The molecule has 184 valence electrons. The van der Waals surface area contributed by atoms with Crippen LogP contribution < -0.4 is 9.64 Å². The van der Waals surface area contributed by atoms with Crippen LogP contribution in [-0.2, 0) is 14.4 Å². The van der Waals surface area contributed by atoms with Gasteiger partial charge in [0.15, 0.2) is 5.78 Å². The third-order valence-electron chi connectivity index (χ3n) is 7.42. The fourth-order valence-corrected chi connectivity index (χ4v) is 5.83. The molecule has 0 unspecified atom stereocenters. The number of rotatable bonds is 4. The topological polar surface area (TPSA) is 84.0 Å². The largest absolute Gasteiger partial charge is 0.427 e. The summed E-state index contributed by atoms with van der Waals surface area (Å²) in [6, 6.07) is 20.0. The number of hydrogen-bond donors (Lipinski definition) is 0. The lowest BCUT2D eigenvalue weighted by molar-refractivity contribution is -0.132. The Morgan fingerprint density at radius 2 is 1.51 bits per heavy atom. The van der Waals surface area contributed by atoms with Gasteiger partial charge in [-0.1, -0.05) is 42.0 Å². The van der Waals surface area contributed by atoms with E-state index in [0.29, 0.717) is 17.0 Å². The second-order valence-electron chi connectivity index (χ2n) is 9.66. The molecule has 7 nitrogen and oxygen atoms in total. The second-order valence-corrected chi connectivity index (χ2v) is 9.66. The highest BCUT2D eigenvalue weighted by Crippen LogP contribution is 2.53. The summed E-state index contributed by atoms with van der Waals surface area (Å²) in [6.45, 7) is 3.25. The van der Waals surface area contributed by atoms with Crippen LogP contribution in [0, 0.1) is 18.8 Å². The smallest absolute Gasteiger partial charge is 0.308 e. The van der Waals surface area contributed by atoms with Crippen molar-refractivity contribution in [2.24, 2.45) is 11.8 Å². The Labute approximate surface area is 213 Å². The number of benzene rings is 3. The van der Waals surface area contributed by atoms with Gasteiger partial charge in [-0.3, -0.25) is 19.2 Å². The van der Waals surface area contributed by atoms with Gasteiger partial charge in [0.2, 0.25) is 11.8 Å². The van der Waals surface area contributed by atoms with E-state index in [2.05, 4.69) is 0 Å². The van der Waals surface area contributed by atoms with Crippen LogP contribution in [0.2, 0.25) is 0 Å². The lowest BCUT2D eigenvalue weighted by Gasteiger charge is -2.35. The van der Waals surface area contributed by atoms with Gasteiger partial charge in [-0.15, -0.1) is 0 Å². The highest BCUT2D eigenvalue weighted by molar-refractivity contribution is 6.24. The number of ether oxygens (including phenoxy) is 1. The van der Waals surface area contributed by atoms with Crippen molar-refractivity contribution >= 4 is 35.3 Å². The Morgan fingerprint density at radius 1 is 0.838 bits per heavy atom. The summed E-state index contributed by atoms with van der Waals surface area (Å²) in [5.74, 6) is -2.58. The van der Waals surface area contributed by atoms with Crippen molar-refractivity contribution in [2.75, 3.05) is 4.90 Å². The maximum Gasteiger partial charge on any atom is 0.308 e. The van der Waals surface area contributed by atoms with Crippen LogP contribution in [0.3, 0.4) is 0 Å². The third-order valence-corrected chi connectivity index (χ3v) is 7.42. The lowest BCUT2D eigenvalue weighted by Crippen LogP contribution is -2.44. The Bertz CT molecular complexity index is 1470. The monoisotopic (exact) mass is 492 g/mol. The molecule has 0 bridgehead atoms. The van der Waals surface area contributed by atoms with Crippen molar-refractivity contribution < 1.29 is 23.9 Å². The van der Waals surface area contributed by atoms with Gasteiger partial charge < -0.3 is 9.64 Å². The van der Waals surface area contributed by atoms with Crippen LogP contribution in [0.4, 0.5) is 5.69 Å². The average Bonchev–Trinajstić information content (AvgIpc) is 3.37. The maximum absolute atomic E-state index is 14.0. The molecule has 7 heteroatoms. The number of ketones is 1. The second kappa shape index (κ2) is 8.55. The fourth-order valence-electron chi connectivity index (χ4n) is 5.83. The van der Waals surface area contributed by atoms with Crippen molar-refractivity contribution in [3.8, 4) is 5.75 Å². The zero-order valence-corrected chi connectivity index (χ0v) is 20.3. The van der Waals surface area contributed by atoms with Gasteiger partial charge in [-0.05, 0) is 60.5 Å². The van der Waals surface area contributed by atoms with Gasteiger partial charge in [0.05, 0.1) is 23.6 Å². The number of carbonyl (C=O) groups excluding carboxylic acids is 4. The first-order valence-corrected chi connectivity index (χ1v) is 12.2. The Balaban J connectivity index is 1.44. The average molecular weight is 493 g/mol. The molecule has 3 aliphatic rings. The summed E-state index contributed by atoms with van der Waals surface area (Å²) >= 11 is 0. The summed E-state index contributed by atoms with van der Waals surface area (Å²) in [5, 5.41) is 0. The van der Waals surface area contributed by atoms with E-state index >= 15 is 0 Å². The summed E-state index contributed by atoms with van der Waals surface area (Å²) < 4.78 is 5.09. The highest BCUT2D eigenvalue weighted by atomic mass is 16.5. The third kappa shape index (κ3) is 3.57. The predicted molar refractivity (Wildman–Crippen MR) is 137 cm³/mol. The number of esters is 1. The van der Waals surface area contributed by atoms with Crippen LogP contribution in [0.5, 0.6) is 5.75 Å². The molecule has 0 aromatic heterocycles. The van der Waals surface area contributed by atoms with Crippen molar-refractivity contribution in [1.82, 2.24) is 4.90 Å². The van der Waals surface area contributed by atoms with Crippen LogP contribution in [-0.4, -0.2) is 34.5 Å². The summed E-state index contributed by atoms with van der Waals surface area (Å²) in [4.78, 5) is 56.2. The minimum atomic E-state index is -0.855. The van der Waals surface area contributed by atoms with Gasteiger partial charge >= 0.3 is 5.97 Å². The molecule has 3 aromatic carbocycles. The predicted octanol–water partition coefficient (Wildman–Crippen LogP) is 4.32. The van der Waals surface area contributed by atoms with Crippen LogP contribution >= 0.6 is 0 Å². The van der Waals surface area contributed by atoms with Crippen molar-refractivity contribution in [3.05, 3.63) is 101 Å². The van der Waals surface area contributed by atoms with Crippen molar-refractivity contribution in [1.29, 1.82) is 0 Å². The molecule has 0 aliphatic carbocycles. The number of aryl methyl sites for hydroxylation is 1. The molecule has 3 heterocycles. The zero-order chi connectivity index (χ0) is 25.8. The van der Waals surface area contributed by atoms with E-state index in [0.717, 1.165) is 16.7 Å². The summed E-state index contributed by atoms with van der Waals surface area (Å²) in [5.41, 5.74) is 3.80. The molecule has 0 N–H and O–H groups in total. The molecular weight excluding hydrogens is 468 g/mol. The highest BCUT2D eigenvalue weighted by Gasteiger charge is 2.64. The molecule has 3 aliphatic heterocycles. The molecular formula is C30H24N2O5. The van der Waals surface area contributed by atoms with E-state index in [9.17, 15) is 19.2 Å². The first-order valence-electron chi connectivity index (χ1n) is 12.2. The normalized spacial score (nSPS) is 23.5. The molecule has 6 rings (SSSR count). The first kappa shape index (κ1) is 22.9. The molecule has 4 atom stereocenters. The van der Waals surface area contributed by atoms with E-state index in [1.807, 2.05) is 60.5 Å². The Morgan fingerprint density at radius 3 is 2.22 bits per heavy atom. The van der Waals surface area contributed by atoms with Crippen LogP contribution in [0.25, 0.3) is 6.08 Å². The van der Waals surface area contributed by atoms with Crippen LogP contribution in [0.15, 0.2) is 79.0 Å². The quantitative estimate of drug-likeness (QED) is 0.234. The molecule has 2 saturated heterocycles. The fraction of sp³-hybridized carbons (Fsp3) is 0.200. The number of nitrogens with zero attached hydrogens (tertiary/aromatic N) is 2. The summed E-state index contributed by atoms with van der Waals surface area (Å²) in [6.07, 6.45) is 3.75. The lowest BCUT2D eigenvalue weighted by atomic mass is 9.83. The minimum absolute atomic E-state index is 0.261. The number of Topliss-reactive ketones (excluding diaryl/α,β-unsaturated/α-hetero) is 1. The minimum Gasteiger partial charge on any atom is -0.427 e. The SMILES string of the molecule is CC(=O)Oc1ccc(C(=O)[C@@H]2[C@@H]3C(=O)N(c4ccc(C)cc4)C(=O)[C@H]3[C@H]3c4ccccc4C=CN23)cc1. The molecule has 2 fully saturated rings. The van der Waals surface area contributed by atoms with E-state index in [-0.39, 0.29) is 17.6 Å². The molecule has 0 spiro atoms. The van der Waals surface area contributed by atoms with Gasteiger partial charge in [-0.25, -0.2) is 4.90 Å². The number of carbonyl (C=O) groups is 4. The number of amides is 2. The van der Waals surface area contributed by atoms with Gasteiger partial charge in [0.1, 0.15) is 11.8 Å². The molecule has 3 aromatic rings.